The van der Waals surface area contributed by atoms with Gasteiger partial charge in [0.2, 0.25) is 0 Å². The zero-order chi connectivity index (χ0) is 19.3. The van der Waals surface area contributed by atoms with Gasteiger partial charge in [-0.2, -0.15) is 5.10 Å². The Morgan fingerprint density at radius 2 is 1.96 bits per heavy atom. The molecule has 0 amide bonds. The second-order valence-corrected chi connectivity index (χ2v) is 5.28. The third-order valence-corrected chi connectivity index (χ3v) is 3.33. The van der Waals surface area contributed by atoms with Gasteiger partial charge in [-0.05, 0) is 23.8 Å². The third-order valence-electron chi connectivity index (χ3n) is 3.33. The molecule has 2 aromatic heterocycles. The van der Waals surface area contributed by atoms with E-state index in [1.807, 2.05) is 24.3 Å². The maximum absolute atomic E-state index is 14.0. The summed E-state index contributed by atoms with van der Waals surface area (Å²) < 4.78 is 20.6. The van der Waals surface area contributed by atoms with Crippen LogP contribution in [0.4, 0.5) is 4.39 Å². The lowest BCUT2D eigenvalue weighted by atomic mass is 10.2. The van der Waals surface area contributed by atoms with E-state index in [1.54, 1.807) is 7.11 Å². The molecule has 0 atom stereocenters. The first-order valence-corrected chi connectivity index (χ1v) is 7.51. The minimum Gasteiger partial charge on any atom is -0.497 e. The lowest BCUT2D eigenvalue weighted by Gasteiger charge is -2.04. The molecular weight excluding hydrogens is 341 g/mol. The Balaban J connectivity index is 0.000000552. The maximum Gasteiger partial charge on any atom is 0.300 e. The molecule has 26 heavy (non-hydrogen) atoms. The van der Waals surface area contributed by atoms with Crippen molar-refractivity contribution >= 4 is 22.8 Å². The fourth-order valence-corrected chi connectivity index (χ4v) is 2.26. The summed E-state index contributed by atoms with van der Waals surface area (Å²) in [6.07, 6.45) is 1.37. The number of carboxylic acids is 1. The minimum absolute atomic E-state index is 0.106. The van der Waals surface area contributed by atoms with E-state index < -0.39 is 11.8 Å². The summed E-state index contributed by atoms with van der Waals surface area (Å²) in [6.45, 7) is 1.48. The molecule has 3 rings (SSSR count). The van der Waals surface area contributed by atoms with Crippen molar-refractivity contribution in [2.24, 2.45) is 5.73 Å². The van der Waals surface area contributed by atoms with E-state index in [2.05, 4.69) is 10.1 Å². The predicted octanol–water partition coefficient (Wildman–Crippen LogP) is 2.00. The number of carboxylic acid groups (broad SMARTS) is 1. The average molecular weight is 359 g/mol. The minimum atomic E-state index is -0.833. The number of halogens is 1. The van der Waals surface area contributed by atoms with Crippen LogP contribution >= 0.6 is 0 Å². The Hall–Kier alpha value is -3.49. The number of rotatable bonds is 4. The molecule has 136 valence electrons. The van der Waals surface area contributed by atoms with Crippen LogP contribution in [0.25, 0.3) is 11.0 Å². The first-order valence-electron chi connectivity index (χ1n) is 7.51. The van der Waals surface area contributed by atoms with Crippen molar-refractivity contribution in [1.29, 1.82) is 5.41 Å². The van der Waals surface area contributed by atoms with E-state index in [0.717, 1.165) is 18.2 Å². The zero-order valence-electron chi connectivity index (χ0n) is 14.2. The van der Waals surface area contributed by atoms with Crippen molar-refractivity contribution in [1.82, 2.24) is 14.8 Å². The van der Waals surface area contributed by atoms with Gasteiger partial charge in [-0.25, -0.2) is 14.1 Å². The van der Waals surface area contributed by atoms with Gasteiger partial charge in [0.25, 0.3) is 5.97 Å². The molecular formula is C17H18FN5O3. The summed E-state index contributed by atoms with van der Waals surface area (Å²) in [6, 6.07) is 8.67. The van der Waals surface area contributed by atoms with Crippen molar-refractivity contribution in [2.75, 3.05) is 7.11 Å². The van der Waals surface area contributed by atoms with Gasteiger partial charge in [0, 0.05) is 13.1 Å². The molecule has 0 fully saturated rings. The first-order chi connectivity index (χ1) is 12.3. The summed E-state index contributed by atoms with van der Waals surface area (Å²) in [5.74, 6) is -0.857. The average Bonchev–Trinajstić information content (AvgIpc) is 2.95. The number of fused-ring (bicyclic) bond motifs is 1. The van der Waals surface area contributed by atoms with Crippen LogP contribution < -0.4 is 10.5 Å². The number of nitrogens with two attached hydrogens (primary N) is 1. The molecule has 0 saturated heterocycles. The fraction of sp³-hybridized carbons (Fsp3) is 0.176. The number of ether oxygens (including phenoxy) is 1. The molecule has 0 aliphatic rings. The molecule has 8 nitrogen and oxygen atoms in total. The van der Waals surface area contributed by atoms with Gasteiger partial charge in [-0.3, -0.25) is 10.2 Å². The van der Waals surface area contributed by atoms with Crippen LogP contribution in [0.15, 0.2) is 36.5 Å². The largest absolute Gasteiger partial charge is 0.497 e. The number of hydrogen-bond donors (Lipinski definition) is 3. The van der Waals surface area contributed by atoms with Gasteiger partial charge in [-0.15, -0.1) is 0 Å². The second-order valence-electron chi connectivity index (χ2n) is 5.28. The van der Waals surface area contributed by atoms with E-state index in [9.17, 15) is 4.39 Å². The summed E-state index contributed by atoms with van der Waals surface area (Å²) in [5, 5.41) is 19.4. The Labute approximate surface area is 148 Å². The third kappa shape index (κ3) is 4.32. The topological polar surface area (TPSA) is 127 Å². The molecule has 0 unspecified atom stereocenters. The van der Waals surface area contributed by atoms with E-state index >= 15 is 0 Å². The molecule has 0 saturated carbocycles. The van der Waals surface area contributed by atoms with Crippen molar-refractivity contribution in [3.8, 4) is 5.75 Å². The number of nitrogen functional groups attached to an aromatic ring is 1. The number of nitrogens with zero attached hydrogens (tertiary/aromatic N) is 3. The predicted molar refractivity (Wildman–Crippen MR) is 93.9 cm³/mol. The van der Waals surface area contributed by atoms with Gasteiger partial charge >= 0.3 is 0 Å². The van der Waals surface area contributed by atoms with E-state index in [0.29, 0.717) is 12.2 Å². The number of aromatic nitrogens is 3. The summed E-state index contributed by atoms with van der Waals surface area (Å²) in [4.78, 5) is 13.2. The number of carbonyl (C=O) groups is 1. The SMILES string of the molecule is CC(=O)O.COc1ccc(Cn2nc(C(=N)N)c3c(F)ccnc32)cc1. The Bertz CT molecular complexity index is 933. The highest BCUT2D eigenvalue weighted by atomic mass is 19.1. The van der Waals surface area contributed by atoms with Crippen LogP contribution in [0.1, 0.15) is 18.2 Å². The molecule has 9 heteroatoms. The number of pyridine rings is 1. The van der Waals surface area contributed by atoms with E-state index in [1.165, 1.54) is 16.9 Å². The van der Waals surface area contributed by atoms with Crippen LogP contribution in [0.2, 0.25) is 0 Å². The summed E-state index contributed by atoms with van der Waals surface area (Å²) in [7, 11) is 1.60. The Kier molecular flexibility index (Phi) is 5.84. The Morgan fingerprint density at radius 1 is 1.35 bits per heavy atom. The normalized spacial score (nSPS) is 10.1. The highest BCUT2D eigenvalue weighted by molar-refractivity contribution is 6.04. The van der Waals surface area contributed by atoms with Crippen molar-refractivity contribution in [2.45, 2.75) is 13.5 Å². The zero-order valence-corrected chi connectivity index (χ0v) is 14.2. The van der Waals surface area contributed by atoms with Crippen LogP contribution in [0.5, 0.6) is 5.75 Å². The number of methoxy groups -OCH3 is 1. The molecule has 3 aromatic rings. The highest BCUT2D eigenvalue weighted by Crippen LogP contribution is 2.21. The van der Waals surface area contributed by atoms with Gasteiger partial charge < -0.3 is 15.6 Å². The van der Waals surface area contributed by atoms with Crippen molar-refractivity contribution in [3.63, 3.8) is 0 Å². The monoisotopic (exact) mass is 359 g/mol. The molecule has 0 spiro atoms. The standard InChI is InChI=1S/C15H14FN5O.C2H4O2/c1-22-10-4-2-9(3-5-10)8-21-15-12(11(16)6-7-19-15)13(20-21)14(17)18;1-2(3)4/h2-7H,8H2,1H3,(H3,17,18);1H3,(H,3,4). The number of benzene rings is 1. The summed E-state index contributed by atoms with van der Waals surface area (Å²) >= 11 is 0. The molecule has 0 aliphatic carbocycles. The highest BCUT2D eigenvalue weighted by Gasteiger charge is 2.17. The van der Waals surface area contributed by atoms with E-state index in [4.69, 9.17) is 25.8 Å². The van der Waals surface area contributed by atoms with Gasteiger partial charge in [0.15, 0.2) is 5.65 Å². The maximum atomic E-state index is 14.0. The summed E-state index contributed by atoms with van der Waals surface area (Å²) in [5.41, 5.74) is 6.91. The fourth-order valence-electron chi connectivity index (χ4n) is 2.26. The van der Waals surface area contributed by atoms with Crippen LogP contribution in [-0.2, 0) is 11.3 Å². The lowest BCUT2D eigenvalue weighted by molar-refractivity contribution is -0.134. The lowest BCUT2D eigenvalue weighted by Crippen LogP contribution is -2.13. The molecule has 1 aromatic carbocycles. The number of nitrogens with one attached hydrogen (secondary N) is 1. The van der Waals surface area contributed by atoms with E-state index in [-0.39, 0.29) is 16.9 Å². The second kappa shape index (κ2) is 8.06. The molecule has 0 aliphatic heterocycles. The number of amidine groups is 1. The molecule has 4 N–H and O–H groups in total. The van der Waals surface area contributed by atoms with Crippen LogP contribution in [0, 0.1) is 11.2 Å². The number of hydrogen-bond acceptors (Lipinski definition) is 5. The van der Waals surface area contributed by atoms with Crippen molar-refractivity contribution in [3.05, 3.63) is 53.6 Å². The first kappa shape index (κ1) is 18.8. The quantitative estimate of drug-likeness (QED) is 0.483. The van der Waals surface area contributed by atoms with Crippen LogP contribution in [0.3, 0.4) is 0 Å². The van der Waals surface area contributed by atoms with Crippen molar-refractivity contribution < 1.29 is 19.0 Å². The number of aliphatic carboxylic acids is 1. The Morgan fingerprint density at radius 3 is 2.50 bits per heavy atom. The van der Waals surface area contributed by atoms with Gasteiger partial charge in [-0.1, -0.05) is 12.1 Å². The molecule has 2 heterocycles. The molecule has 0 bridgehead atoms. The van der Waals surface area contributed by atoms with Gasteiger partial charge in [0.05, 0.1) is 19.0 Å². The smallest absolute Gasteiger partial charge is 0.300 e. The van der Waals surface area contributed by atoms with Gasteiger partial charge in [0.1, 0.15) is 23.1 Å². The molecule has 0 radical (unpaired) electrons. The van der Waals surface area contributed by atoms with Crippen LogP contribution in [-0.4, -0.2) is 38.8 Å².